The highest BCUT2D eigenvalue weighted by Crippen LogP contribution is 2.15. The minimum absolute atomic E-state index is 0.1000. The first-order valence-corrected chi connectivity index (χ1v) is 28.9. The van der Waals surface area contributed by atoms with Crippen LogP contribution in [0.5, 0.6) is 0 Å². The molecule has 1 atom stereocenters. The summed E-state index contributed by atoms with van der Waals surface area (Å²) in [6.45, 7) is 6.56. The largest absolute Gasteiger partial charge is 0.462 e. The Kier molecular flexibility index (Phi) is 53.8. The van der Waals surface area contributed by atoms with Gasteiger partial charge in [-0.1, -0.05) is 229 Å². The Balaban J connectivity index is 4.45. The Hall–Kier alpha value is -3.15. The number of allylic oxidation sites excluding steroid dienone is 12. The molecule has 0 aliphatic heterocycles. The maximum Gasteiger partial charge on any atom is 0.306 e. The number of carbonyl (C=O) groups is 3. The second-order valence-corrected chi connectivity index (χ2v) is 19.2. The average molecular weight is 950 g/mol. The van der Waals surface area contributed by atoms with Crippen molar-refractivity contribution in [3.8, 4) is 0 Å². The number of ether oxygens (including phenoxy) is 3. The molecule has 6 nitrogen and oxygen atoms in total. The van der Waals surface area contributed by atoms with Crippen molar-refractivity contribution in [2.24, 2.45) is 0 Å². The highest BCUT2D eigenvalue weighted by Gasteiger charge is 2.19. The van der Waals surface area contributed by atoms with Gasteiger partial charge in [0.25, 0.3) is 0 Å². The van der Waals surface area contributed by atoms with Crippen LogP contribution in [0, 0.1) is 0 Å². The van der Waals surface area contributed by atoms with Gasteiger partial charge in [-0.15, -0.1) is 0 Å². The van der Waals surface area contributed by atoms with Gasteiger partial charge in [0.05, 0.1) is 0 Å². The second kappa shape index (κ2) is 56.4. The molecule has 0 bridgehead atoms. The maximum absolute atomic E-state index is 12.8. The summed E-state index contributed by atoms with van der Waals surface area (Å²) in [6.07, 6.45) is 71.8. The molecule has 0 aliphatic carbocycles. The monoisotopic (exact) mass is 949 g/mol. The third-order valence-electron chi connectivity index (χ3n) is 12.4. The van der Waals surface area contributed by atoms with Crippen LogP contribution in [0.15, 0.2) is 72.9 Å². The van der Waals surface area contributed by atoms with Gasteiger partial charge in [-0.25, -0.2) is 0 Å². The molecule has 0 radical (unpaired) electrons. The maximum atomic E-state index is 12.8. The lowest BCUT2D eigenvalue weighted by atomic mass is 10.1. The lowest BCUT2D eigenvalue weighted by Gasteiger charge is -2.18. The lowest BCUT2D eigenvalue weighted by Crippen LogP contribution is -2.30. The summed E-state index contributed by atoms with van der Waals surface area (Å²) >= 11 is 0. The van der Waals surface area contributed by atoms with E-state index in [2.05, 4.69) is 93.7 Å². The van der Waals surface area contributed by atoms with Crippen molar-refractivity contribution in [3.05, 3.63) is 72.9 Å². The van der Waals surface area contributed by atoms with E-state index in [4.69, 9.17) is 14.2 Å². The first-order chi connectivity index (χ1) is 33.5. The van der Waals surface area contributed by atoms with Crippen LogP contribution >= 0.6 is 0 Å². The van der Waals surface area contributed by atoms with Crippen molar-refractivity contribution in [2.45, 2.75) is 290 Å². The van der Waals surface area contributed by atoms with E-state index in [1.54, 1.807) is 0 Å². The molecule has 0 aromatic rings. The van der Waals surface area contributed by atoms with Crippen molar-refractivity contribution < 1.29 is 28.6 Å². The predicted octanol–water partition coefficient (Wildman–Crippen LogP) is 19.4. The van der Waals surface area contributed by atoms with E-state index < -0.39 is 6.10 Å². The van der Waals surface area contributed by atoms with Crippen LogP contribution < -0.4 is 0 Å². The van der Waals surface area contributed by atoms with E-state index in [0.717, 1.165) is 70.6 Å². The third kappa shape index (κ3) is 53.8. The molecule has 6 heteroatoms. The molecule has 0 spiro atoms. The fourth-order valence-corrected chi connectivity index (χ4v) is 8.01. The van der Waals surface area contributed by atoms with Crippen LogP contribution in [0.2, 0.25) is 0 Å². The van der Waals surface area contributed by atoms with Crippen LogP contribution in [0.25, 0.3) is 0 Å². The summed E-state index contributed by atoms with van der Waals surface area (Å²) in [7, 11) is 0. The van der Waals surface area contributed by atoms with Crippen LogP contribution in [0.4, 0.5) is 0 Å². The van der Waals surface area contributed by atoms with Gasteiger partial charge in [0.1, 0.15) is 13.2 Å². The van der Waals surface area contributed by atoms with Gasteiger partial charge in [0.2, 0.25) is 0 Å². The molecule has 0 rings (SSSR count). The van der Waals surface area contributed by atoms with Crippen molar-refractivity contribution in [1.29, 1.82) is 0 Å². The summed E-state index contributed by atoms with van der Waals surface area (Å²) in [6, 6.07) is 0. The Bertz CT molecular complexity index is 1270. The van der Waals surface area contributed by atoms with E-state index in [0.29, 0.717) is 19.3 Å². The lowest BCUT2D eigenvalue weighted by molar-refractivity contribution is -0.167. The van der Waals surface area contributed by atoms with E-state index in [1.165, 1.54) is 167 Å². The van der Waals surface area contributed by atoms with Crippen molar-refractivity contribution in [1.82, 2.24) is 0 Å². The summed E-state index contributed by atoms with van der Waals surface area (Å²) in [5, 5.41) is 0. The second-order valence-electron chi connectivity index (χ2n) is 19.2. The fourth-order valence-electron chi connectivity index (χ4n) is 8.01. The molecule has 0 unspecified atom stereocenters. The SMILES string of the molecule is CCCCC/C=C\C/C=C\C/C=C\C/C=C\CCCC(=O)O[C@H](COC(=O)CCCCCCC/C=C\CCCCCCC)COC(=O)CCCCCCCCCCC/C=C\CCCCCCCC. The molecule has 0 amide bonds. The Morgan fingerprint density at radius 2 is 0.544 bits per heavy atom. The van der Waals surface area contributed by atoms with E-state index in [-0.39, 0.29) is 37.5 Å². The molecule has 0 aromatic carbocycles. The van der Waals surface area contributed by atoms with E-state index in [1.807, 2.05) is 0 Å². The number of carbonyl (C=O) groups excluding carboxylic acids is 3. The number of esters is 3. The number of unbranched alkanes of at least 4 members (excludes halogenated alkanes) is 29. The number of hydrogen-bond acceptors (Lipinski definition) is 6. The molecular weight excluding hydrogens is 841 g/mol. The quantitative estimate of drug-likeness (QED) is 0.0262. The van der Waals surface area contributed by atoms with E-state index in [9.17, 15) is 14.4 Å². The predicted molar refractivity (Wildman–Crippen MR) is 293 cm³/mol. The summed E-state index contributed by atoms with van der Waals surface area (Å²) in [5.74, 6) is -0.960. The summed E-state index contributed by atoms with van der Waals surface area (Å²) in [5.41, 5.74) is 0. The van der Waals surface area contributed by atoms with Gasteiger partial charge in [-0.2, -0.15) is 0 Å². The molecule has 68 heavy (non-hydrogen) atoms. The van der Waals surface area contributed by atoms with Gasteiger partial charge < -0.3 is 14.2 Å². The topological polar surface area (TPSA) is 78.9 Å². The molecule has 0 fully saturated rings. The zero-order valence-corrected chi connectivity index (χ0v) is 44.9. The minimum atomic E-state index is -0.808. The number of rotatable bonds is 52. The summed E-state index contributed by atoms with van der Waals surface area (Å²) < 4.78 is 16.8. The van der Waals surface area contributed by atoms with Crippen molar-refractivity contribution >= 4 is 17.9 Å². The number of hydrogen-bond donors (Lipinski definition) is 0. The first-order valence-electron chi connectivity index (χ1n) is 28.9. The molecule has 0 heterocycles. The van der Waals surface area contributed by atoms with Gasteiger partial charge in [0, 0.05) is 19.3 Å². The standard InChI is InChI=1S/C62H108O6/c1-4-7-10-13-16-19-22-25-28-30-31-33-34-37-40-43-46-49-52-55-61(64)67-58-59(57-66-60(63)54-51-48-45-42-39-36-27-24-21-18-15-12-9-6-3)68-62(65)56-53-50-47-44-41-38-35-32-29-26-23-20-17-14-11-8-5-2/h17,20,24-29,35,38,44,47,59H,4-16,18-19,21-23,30-34,36-37,39-43,45-46,48-58H2,1-3H3/b20-17-,27-24-,28-25-,29-26-,38-35-,47-44-/t59-/m1/s1. The van der Waals surface area contributed by atoms with Crippen molar-refractivity contribution in [2.75, 3.05) is 13.2 Å². The third-order valence-corrected chi connectivity index (χ3v) is 12.4. The van der Waals surface area contributed by atoms with Crippen molar-refractivity contribution in [3.63, 3.8) is 0 Å². The molecule has 392 valence electrons. The van der Waals surface area contributed by atoms with Gasteiger partial charge in [-0.05, 0) is 109 Å². The van der Waals surface area contributed by atoms with E-state index >= 15 is 0 Å². The van der Waals surface area contributed by atoms with Crippen LogP contribution in [0.3, 0.4) is 0 Å². The highest BCUT2D eigenvalue weighted by atomic mass is 16.6. The van der Waals surface area contributed by atoms with Crippen LogP contribution in [0.1, 0.15) is 284 Å². The Morgan fingerprint density at radius 1 is 0.294 bits per heavy atom. The zero-order chi connectivity index (χ0) is 49.3. The van der Waals surface area contributed by atoms with Crippen LogP contribution in [-0.4, -0.2) is 37.2 Å². The van der Waals surface area contributed by atoms with Gasteiger partial charge >= 0.3 is 17.9 Å². The Labute approximate surface area is 421 Å². The van der Waals surface area contributed by atoms with Gasteiger partial charge in [0.15, 0.2) is 6.10 Å². The summed E-state index contributed by atoms with van der Waals surface area (Å²) in [4.78, 5) is 38.1. The molecule has 0 saturated carbocycles. The Morgan fingerprint density at radius 3 is 0.912 bits per heavy atom. The first kappa shape index (κ1) is 64.8. The molecule has 0 N–H and O–H groups in total. The highest BCUT2D eigenvalue weighted by molar-refractivity contribution is 5.71. The molecule has 0 saturated heterocycles. The smallest absolute Gasteiger partial charge is 0.306 e. The average Bonchev–Trinajstić information content (AvgIpc) is 3.34. The fraction of sp³-hybridized carbons (Fsp3) is 0.758. The molecular formula is C62H108O6. The normalized spacial score (nSPS) is 12.6. The minimum Gasteiger partial charge on any atom is -0.462 e. The van der Waals surface area contributed by atoms with Crippen LogP contribution in [-0.2, 0) is 28.6 Å². The molecule has 0 aromatic heterocycles. The molecule has 0 aliphatic rings. The van der Waals surface area contributed by atoms with Gasteiger partial charge in [-0.3, -0.25) is 14.4 Å². The zero-order valence-electron chi connectivity index (χ0n) is 44.9.